The molecule has 0 heterocycles. The molecule has 0 bridgehead atoms. The molecule has 1 unspecified atom stereocenters. The van der Waals surface area contributed by atoms with E-state index in [-0.39, 0.29) is 11.9 Å². The first-order chi connectivity index (χ1) is 8.54. The lowest BCUT2D eigenvalue weighted by Gasteiger charge is -2.27. The van der Waals surface area contributed by atoms with Crippen molar-refractivity contribution in [1.82, 2.24) is 4.90 Å². The van der Waals surface area contributed by atoms with Crippen molar-refractivity contribution in [3.05, 3.63) is 33.8 Å². The molecule has 98 valence electrons. The van der Waals surface area contributed by atoms with Crippen molar-refractivity contribution < 1.29 is 4.79 Å². The number of nitrogens with two attached hydrogens (primary N) is 1. The molecule has 1 aliphatic carbocycles. The van der Waals surface area contributed by atoms with Gasteiger partial charge >= 0.3 is 0 Å². The van der Waals surface area contributed by atoms with Crippen LogP contribution in [0.5, 0.6) is 0 Å². The summed E-state index contributed by atoms with van der Waals surface area (Å²) < 4.78 is 1.03. The molecule has 3 nitrogen and oxygen atoms in total. The molecule has 0 aromatic heterocycles. The average molecular weight is 311 g/mol. The molecular weight excluding hydrogens is 292 g/mol. The lowest BCUT2D eigenvalue weighted by Crippen LogP contribution is -2.43. The first-order valence-electron chi connectivity index (χ1n) is 6.28. The van der Waals surface area contributed by atoms with Gasteiger partial charge in [-0.05, 0) is 49.4 Å². The third-order valence-electron chi connectivity index (χ3n) is 3.63. The lowest BCUT2D eigenvalue weighted by atomic mass is 10.1. The second-order valence-corrected chi connectivity index (χ2v) is 5.87. The summed E-state index contributed by atoms with van der Waals surface area (Å²) in [5, 5.41) is 0. The van der Waals surface area contributed by atoms with E-state index in [9.17, 15) is 4.79 Å². The Morgan fingerprint density at radius 2 is 2.22 bits per heavy atom. The van der Waals surface area contributed by atoms with Gasteiger partial charge in [-0.25, -0.2) is 0 Å². The first-order valence-corrected chi connectivity index (χ1v) is 7.07. The molecule has 1 atom stereocenters. The van der Waals surface area contributed by atoms with Gasteiger partial charge in [-0.3, -0.25) is 4.79 Å². The number of hydrogen-bond donors (Lipinski definition) is 1. The molecule has 0 saturated heterocycles. The van der Waals surface area contributed by atoms with Crippen LogP contribution in [0, 0.1) is 12.8 Å². The quantitative estimate of drug-likeness (QED) is 0.929. The summed E-state index contributed by atoms with van der Waals surface area (Å²) in [6, 6.07) is 5.88. The Balaban J connectivity index is 2.16. The summed E-state index contributed by atoms with van der Waals surface area (Å²) >= 11 is 3.45. The zero-order valence-corrected chi connectivity index (χ0v) is 12.4. The highest BCUT2D eigenvalue weighted by Gasteiger charge is 2.35. The zero-order valence-electron chi connectivity index (χ0n) is 10.8. The number of carbonyl (C=O) groups is 1. The number of aryl methyl sites for hydroxylation is 1. The molecular formula is C14H19BrN2O. The number of benzene rings is 1. The van der Waals surface area contributed by atoms with E-state index in [1.54, 1.807) is 4.90 Å². The second-order valence-electron chi connectivity index (χ2n) is 5.02. The van der Waals surface area contributed by atoms with E-state index in [0.29, 0.717) is 12.5 Å². The summed E-state index contributed by atoms with van der Waals surface area (Å²) in [5.41, 5.74) is 7.59. The van der Waals surface area contributed by atoms with Gasteiger partial charge in [0, 0.05) is 29.7 Å². The van der Waals surface area contributed by atoms with Crippen molar-refractivity contribution in [2.75, 3.05) is 13.6 Å². The van der Waals surface area contributed by atoms with Crippen molar-refractivity contribution in [3.8, 4) is 0 Å². The summed E-state index contributed by atoms with van der Waals surface area (Å²) in [6.07, 6.45) is 2.39. The van der Waals surface area contributed by atoms with Crippen molar-refractivity contribution in [2.24, 2.45) is 11.7 Å². The number of carbonyl (C=O) groups excluding carboxylic acids is 1. The molecule has 1 aromatic rings. The third kappa shape index (κ3) is 2.75. The van der Waals surface area contributed by atoms with Crippen molar-refractivity contribution in [3.63, 3.8) is 0 Å². The van der Waals surface area contributed by atoms with Crippen LogP contribution in [-0.2, 0) is 0 Å². The molecule has 0 aliphatic heterocycles. The van der Waals surface area contributed by atoms with Crippen LogP contribution < -0.4 is 5.73 Å². The molecule has 2 rings (SSSR count). The number of rotatable bonds is 4. The monoisotopic (exact) mass is 310 g/mol. The molecule has 4 heteroatoms. The SMILES string of the molecule is Cc1cc(C(=O)N(C)C(CN)C2CC2)ccc1Br. The van der Waals surface area contributed by atoms with Gasteiger partial charge in [0.05, 0.1) is 0 Å². The van der Waals surface area contributed by atoms with Crippen LogP contribution in [0.3, 0.4) is 0 Å². The molecule has 18 heavy (non-hydrogen) atoms. The van der Waals surface area contributed by atoms with E-state index in [2.05, 4.69) is 15.9 Å². The molecule has 1 fully saturated rings. The maximum absolute atomic E-state index is 12.4. The Morgan fingerprint density at radius 1 is 1.56 bits per heavy atom. The Hall–Kier alpha value is -0.870. The highest BCUT2D eigenvalue weighted by molar-refractivity contribution is 9.10. The first kappa shape index (κ1) is 13.6. The second kappa shape index (κ2) is 5.41. The molecule has 0 radical (unpaired) electrons. The highest BCUT2D eigenvalue weighted by atomic mass is 79.9. The van der Waals surface area contributed by atoms with E-state index in [4.69, 9.17) is 5.73 Å². The Labute approximate surface area is 116 Å². The van der Waals surface area contributed by atoms with Crippen LogP contribution in [0.15, 0.2) is 22.7 Å². The number of nitrogens with zero attached hydrogens (tertiary/aromatic N) is 1. The lowest BCUT2D eigenvalue weighted by molar-refractivity contribution is 0.0718. The minimum Gasteiger partial charge on any atom is -0.337 e. The summed E-state index contributed by atoms with van der Waals surface area (Å²) in [5.74, 6) is 0.661. The number of likely N-dealkylation sites (N-methyl/N-ethyl adjacent to an activating group) is 1. The van der Waals surface area contributed by atoms with Crippen LogP contribution in [0.1, 0.15) is 28.8 Å². The van der Waals surface area contributed by atoms with Crippen molar-refractivity contribution >= 4 is 21.8 Å². The predicted octanol–water partition coefficient (Wildman–Crippen LogP) is 2.57. The highest BCUT2D eigenvalue weighted by Crippen LogP contribution is 2.35. The topological polar surface area (TPSA) is 46.3 Å². The summed E-state index contributed by atoms with van der Waals surface area (Å²) in [7, 11) is 1.86. The maximum Gasteiger partial charge on any atom is 0.253 e. The molecule has 1 saturated carbocycles. The minimum atomic E-state index is 0.0629. The molecule has 0 spiro atoms. The number of halogens is 1. The van der Waals surface area contributed by atoms with Gasteiger partial charge < -0.3 is 10.6 Å². The van der Waals surface area contributed by atoms with E-state index in [0.717, 1.165) is 15.6 Å². The van der Waals surface area contributed by atoms with Gasteiger partial charge in [0.2, 0.25) is 0 Å². The van der Waals surface area contributed by atoms with Crippen molar-refractivity contribution in [1.29, 1.82) is 0 Å². The van der Waals surface area contributed by atoms with E-state index >= 15 is 0 Å². The zero-order chi connectivity index (χ0) is 13.3. The maximum atomic E-state index is 12.4. The third-order valence-corrected chi connectivity index (χ3v) is 4.52. The van der Waals surface area contributed by atoms with Gasteiger partial charge in [0.25, 0.3) is 5.91 Å². The summed E-state index contributed by atoms with van der Waals surface area (Å²) in [6.45, 7) is 2.53. The molecule has 1 aliphatic rings. The molecule has 2 N–H and O–H groups in total. The summed E-state index contributed by atoms with van der Waals surface area (Å²) in [4.78, 5) is 14.2. The van der Waals surface area contributed by atoms with Gasteiger partial charge in [0.15, 0.2) is 0 Å². The predicted molar refractivity (Wildman–Crippen MR) is 76.5 cm³/mol. The largest absolute Gasteiger partial charge is 0.337 e. The van der Waals surface area contributed by atoms with Gasteiger partial charge in [-0.2, -0.15) is 0 Å². The number of amides is 1. The normalized spacial score (nSPS) is 16.4. The van der Waals surface area contributed by atoms with E-state index < -0.39 is 0 Å². The van der Waals surface area contributed by atoms with Crippen LogP contribution in [-0.4, -0.2) is 30.4 Å². The van der Waals surface area contributed by atoms with Gasteiger partial charge in [-0.1, -0.05) is 15.9 Å². The van der Waals surface area contributed by atoms with E-state index in [1.165, 1.54) is 12.8 Å². The standard InChI is InChI=1S/C14H19BrN2O/c1-9-7-11(5-6-12(9)15)14(18)17(2)13(8-16)10-3-4-10/h5-7,10,13H,3-4,8,16H2,1-2H3. The van der Waals surface area contributed by atoms with Crippen LogP contribution in [0.25, 0.3) is 0 Å². The molecule has 1 aromatic carbocycles. The fourth-order valence-electron chi connectivity index (χ4n) is 2.28. The van der Waals surface area contributed by atoms with Crippen LogP contribution >= 0.6 is 15.9 Å². The Kier molecular flexibility index (Phi) is 4.07. The minimum absolute atomic E-state index is 0.0629. The molecule has 1 amide bonds. The average Bonchev–Trinajstić information content (AvgIpc) is 3.17. The fourth-order valence-corrected chi connectivity index (χ4v) is 2.53. The fraction of sp³-hybridized carbons (Fsp3) is 0.500. The van der Waals surface area contributed by atoms with E-state index in [1.807, 2.05) is 32.2 Å². The number of hydrogen-bond acceptors (Lipinski definition) is 2. The van der Waals surface area contributed by atoms with Crippen LogP contribution in [0.2, 0.25) is 0 Å². The van der Waals surface area contributed by atoms with Gasteiger partial charge in [0.1, 0.15) is 0 Å². The Bertz CT molecular complexity index is 457. The Morgan fingerprint density at radius 3 is 2.72 bits per heavy atom. The van der Waals surface area contributed by atoms with Crippen LogP contribution in [0.4, 0.5) is 0 Å². The van der Waals surface area contributed by atoms with Gasteiger partial charge in [-0.15, -0.1) is 0 Å². The smallest absolute Gasteiger partial charge is 0.253 e. The van der Waals surface area contributed by atoms with Crippen molar-refractivity contribution in [2.45, 2.75) is 25.8 Å².